The van der Waals surface area contributed by atoms with Crippen molar-refractivity contribution < 1.29 is 13.5 Å². The van der Waals surface area contributed by atoms with Gasteiger partial charge >= 0.3 is 0 Å². The van der Waals surface area contributed by atoms with Gasteiger partial charge in [-0.3, -0.25) is 0 Å². The van der Waals surface area contributed by atoms with Crippen LogP contribution in [0.15, 0.2) is 29.2 Å². The standard InChI is InChI=1S/C12H19NO3S2/c1-3-8-18(15,16)13-9-12(14)10-4-6-11(17-2)7-5-10/h4-7,12-14H,3,8-9H2,1-2H3/t12-/m0/s1. The maximum absolute atomic E-state index is 11.4. The largest absolute Gasteiger partial charge is 0.387 e. The highest BCUT2D eigenvalue weighted by atomic mass is 32.2. The van der Waals surface area contributed by atoms with Gasteiger partial charge in [-0.15, -0.1) is 11.8 Å². The van der Waals surface area contributed by atoms with Gasteiger partial charge in [-0.05, 0) is 30.4 Å². The van der Waals surface area contributed by atoms with Crippen LogP contribution in [0.1, 0.15) is 25.0 Å². The second-order valence-corrected chi connectivity index (χ2v) is 6.76. The van der Waals surface area contributed by atoms with E-state index >= 15 is 0 Å². The van der Waals surface area contributed by atoms with E-state index in [1.54, 1.807) is 18.7 Å². The van der Waals surface area contributed by atoms with E-state index < -0.39 is 16.1 Å². The fraction of sp³-hybridized carbons (Fsp3) is 0.500. The highest BCUT2D eigenvalue weighted by Gasteiger charge is 2.13. The molecule has 18 heavy (non-hydrogen) atoms. The topological polar surface area (TPSA) is 66.4 Å². The minimum Gasteiger partial charge on any atom is -0.387 e. The Morgan fingerprint density at radius 2 is 1.94 bits per heavy atom. The molecule has 0 saturated heterocycles. The van der Waals surface area contributed by atoms with E-state index in [1.807, 2.05) is 30.5 Å². The van der Waals surface area contributed by atoms with Gasteiger partial charge in [-0.2, -0.15) is 0 Å². The molecule has 4 nitrogen and oxygen atoms in total. The van der Waals surface area contributed by atoms with Crippen LogP contribution in [0.5, 0.6) is 0 Å². The molecule has 0 amide bonds. The Hall–Kier alpha value is -0.560. The molecular weight excluding hydrogens is 270 g/mol. The lowest BCUT2D eigenvalue weighted by atomic mass is 10.1. The third-order valence-electron chi connectivity index (χ3n) is 2.47. The summed E-state index contributed by atoms with van der Waals surface area (Å²) in [6.45, 7) is 1.82. The number of sulfonamides is 1. The number of aliphatic hydroxyl groups is 1. The molecule has 2 N–H and O–H groups in total. The smallest absolute Gasteiger partial charge is 0.211 e. The van der Waals surface area contributed by atoms with Crippen molar-refractivity contribution in [2.45, 2.75) is 24.3 Å². The van der Waals surface area contributed by atoms with Crippen molar-refractivity contribution in [2.75, 3.05) is 18.6 Å². The van der Waals surface area contributed by atoms with E-state index in [9.17, 15) is 13.5 Å². The minimum absolute atomic E-state index is 0.0148. The monoisotopic (exact) mass is 289 g/mol. The Morgan fingerprint density at radius 1 is 1.33 bits per heavy atom. The molecule has 0 bridgehead atoms. The normalized spacial score (nSPS) is 13.5. The first kappa shape index (κ1) is 15.5. The quantitative estimate of drug-likeness (QED) is 0.751. The second-order valence-electron chi connectivity index (χ2n) is 3.96. The van der Waals surface area contributed by atoms with E-state index in [4.69, 9.17) is 0 Å². The van der Waals surface area contributed by atoms with E-state index in [0.29, 0.717) is 12.0 Å². The zero-order chi connectivity index (χ0) is 13.6. The van der Waals surface area contributed by atoms with Crippen molar-refractivity contribution in [3.8, 4) is 0 Å². The minimum atomic E-state index is -3.26. The third kappa shape index (κ3) is 4.97. The van der Waals surface area contributed by atoms with Gasteiger partial charge in [0.15, 0.2) is 0 Å². The van der Waals surface area contributed by atoms with Crippen LogP contribution in [0.3, 0.4) is 0 Å². The molecule has 0 radical (unpaired) electrons. The molecule has 0 unspecified atom stereocenters. The van der Waals surface area contributed by atoms with Crippen LogP contribution in [-0.2, 0) is 10.0 Å². The summed E-state index contributed by atoms with van der Waals surface area (Å²) in [4.78, 5) is 1.11. The zero-order valence-corrected chi connectivity index (χ0v) is 12.2. The van der Waals surface area contributed by atoms with Crippen LogP contribution >= 0.6 is 11.8 Å². The first-order valence-corrected chi connectivity index (χ1v) is 8.65. The third-order valence-corrected chi connectivity index (χ3v) is 4.77. The van der Waals surface area contributed by atoms with Gasteiger partial charge in [0.05, 0.1) is 11.9 Å². The fourth-order valence-corrected chi connectivity index (χ4v) is 2.99. The van der Waals surface area contributed by atoms with Gasteiger partial charge in [-0.1, -0.05) is 19.1 Å². The molecule has 1 atom stereocenters. The van der Waals surface area contributed by atoms with Gasteiger partial charge < -0.3 is 5.11 Å². The summed E-state index contributed by atoms with van der Waals surface area (Å²) in [5.41, 5.74) is 0.715. The summed E-state index contributed by atoms with van der Waals surface area (Å²) in [5, 5.41) is 9.88. The first-order valence-electron chi connectivity index (χ1n) is 5.78. The summed E-state index contributed by atoms with van der Waals surface area (Å²) in [6.07, 6.45) is 1.73. The molecule has 0 spiro atoms. The lowest BCUT2D eigenvalue weighted by Gasteiger charge is -2.12. The maximum atomic E-state index is 11.4. The maximum Gasteiger partial charge on any atom is 0.211 e. The van der Waals surface area contributed by atoms with Crippen LogP contribution in [0.25, 0.3) is 0 Å². The number of benzene rings is 1. The SMILES string of the molecule is CCCS(=O)(=O)NC[C@H](O)c1ccc(SC)cc1. The molecule has 1 aromatic carbocycles. The zero-order valence-electron chi connectivity index (χ0n) is 10.6. The summed E-state index contributed by atoms with van der Waals surface area (Å²) >= 11 is 1.62. The molecule has 0 saturated carbocycles. The average Bonchev–Trinajstić information content (AvgIpc) is 2.36. The Morgan fingerprint density at radius 3 is 2.44 bits per heavy atom. The molecule has 0 heterocycles. The van der Waals surface area contributed by atoms with Crippen LogP contribution < -0.4 is 4.72 Å². The van der Waals surface area contributed by atoms with Crippen LogP contribution in [0.4, 0.5) is 0 Å². The number of rotatable bonds is 7. The summed E-state index contributed by atoms with van der Waals surface area (Å²) in [6, 6.07) is 7.43. The van der Waals surface area contributed by atoms with Crippen molar-refractivity contribution in [1.29, 1.82) is 0 Å². The van der Waals surface area contributed by atoms with Crippen LogP contribution in [0, 0.1) is 0 Å². The number of hydrogen-bond acceptors (Lipinski definition) is 4. The molecular formula is C12H19NO3S2. The molecule has 102 valence electrons. The lowest BCUT2D eigenvalue weighted by molar-refractivity contribution is 0.182. The van der Waals surface area contributed by atoms with E-state index in [-0.39, 0.29) is 12.3 Å². The first-order chi connectivity index (χ1) is 8.48. The van der Waals surface area contributed by atoms with E-state index in [0.717, 1.165) is 4.90 Å². The summed E-state index contributed by atoms with van der Waals surface area (Å²) < 4.78 is 25.3. The molecule has 0 aliphatic rings. The van der Waals surface area contributed by atoms with Gasteiger partial charge in [0, 0.05) is 11.4 Å². The van der Waals surface area contributed by atoms with E-state index in [2.05, 4.69) is 4.72 Å². The number of thioether (sulfide) groups is 1. The molecule has 0 fully saturated rings. The number of hydrogen-bond donors (Lipinski definition) is 2. The summed E-state index contributed by atoms with van der Waals surface area (Å²) in [5.74, 6) is 0.0884. The van der Waals surface area contributed by atoms with Gasteiger partial charge in [0.2, 0.25) is 10.0 Å². The molecule has 1 aromatic rings. The molecule has 0 aliphatic carbocycles. The lowest BCUT2D eigenvalue weighted by Crippen LogP contribution is -2.30. The van der Waals surface area contributed by atoms with E-state index in [1.165, 1.54) is 0 Å². The van der Waals surface area contributed by atoms with Crippen molar-refractivity contribution in [2.24, 2.45) is 0 Å². The Kier molecular flexibility index (Phi) is 6.14. The molecule has 0 aromatic heterocycles. The molecule has 0 aliphatic heterocycles. The Bertz CT molecular complexity index is 457. The van der Waals surface area contributed by atoms with Crippen molar-refractivity contribution in [1.82, 2.24) is 4.72 Å². The van der Waals surface area contributed by atoms with Gasteiger partial charge in [-0.25, -0.2) is 13.1 Å². The Balaban J connectivity index is 2.57. The van der Waals surface area contributed by atoms with Crippen molar-refractivity contribution in [3.05, 3.63) is 29.8 Å². The van der Waals surface area contributed by atoms with Gasteiger partial charge in [0.1, 0.15) is 0 Å². The number of nitrogens with one attached hydrogen (secondary N) is 1. The fourth-order valence-electron chi connectivity index (χ4n) is 1.49. The number of aliphatic hydroxyl groups excluding tert-OH is 1. The average molecular weight is 289 g/mol. The second kappa shape index (κ2) is 7.13. The van der Waals surface area contributed by atoms with Crippen molar-refractivity contribution >= 4 is 21.8 Å². The predicted molar refractivity (Wildman–Crippen MR) is 75.3 cm³/mol. The highest BCUT2D eigenvalue weighted by Crippen LogP contribution is 2.18. The van der Waals surface area contributed by atoms with Crippen LogP contribution in [-0.4, -0.2) is 32.1 Å². The molecule has 6 heteroatoms. The highest BCUT2D eigenvalue weighted by molar-refractivity contribution is 7.98. The molecule has 1 rings (SSSR count). The Labute approximate surface area is 113 Å². The predicted octanol–water partition coefficient (Wildman–Crippen LogP) is 1.77. The summed E-state index contributed by atoms with van der Waals surface area (Å²) in [7, 11) is -3.26. The van der Waals surface area contributed by atoms with Crippen molar-refractivity contribution in [3.63, 3.8) is 0 Å². The van der Waals surface area contributed by atoms with Gasteiger partial charge in [0.25, 0.3) is 0 Å². The van der Waals surface area contributed by atoms with Crippen LogP contribution in [0.2, 0.25) is 0 Å².